The van der Waals surface area contributed by atoms with Crippen LogP contribution in [0.1, 0.15) is 26.2 Å². The molecule has 0 aliphatic heterocycles. The number of halogens is 2. The molecule has 0 aromatic rings. The Morgan fingerprint density at radius 1 is 1.64 bits per heavy atom. The van der Waals surface area contributed by atoms with E-state index in [1.165, 1.54) is 0 Å². The normalized spacial score (nSPS) is 20.2. The number of ether oxygens (including phenoxy) is 1. The molecule has 3 nitrogen and oxygen atoms in total. The monoisotopic (exact) mass is 208 g/mol. The van der Waals surface area contributed by atoms with Crippen molar-refractivity contribution in [3.05, 3.63) is 0 Å². The van der Waals surface area contributed by atoms with Gasteiger partial charge in [-0.2, -0.15) is 8.78 Å². The highest BCUT2D eigenvalue weighted by atomic mass is 19.3. The van der Waals surface area contributed by atoms with Crippen LogP contribution in [0, 0.1) is 5.92 Å². The van der Waals surface area contributed by atoms with E-state index in [4.69, 9.17) is 9.84 Å². The quantitative estimate of drug-likeness (QED) is 0.750. The number of carboxylic acids is 1. The molecular formula is C9H14F2O3. The van der Waals surface area contributed by atoms with Crippen molar-refractivity contribution < 1.29 is 23.4 Å². The predicted octanol–water partition coefficient (Wildman–Crippen LogP) is 1.91. The van der Waals surface area contributed by atoms with Gasteiger partial charge < -0.3 is 9.84 Å². The van der Waals surface area contributed by atoms with Crippen LogP contribution in [0.4, 0.5) is 8.78 Å². The van der Waals surface area contributed by atoms with Crippen molar-refractivity contribution >= 4 is 5.97 Å². The minimum absolute atomic E-state index is 0.269. The molecule has 82 valence electrons. The second-order valence-electron chi connectivity index (χ2n) is 3.72. The summed E-state index contributed by atoms with van der Waals surface area (Å²) in [5.74, 6) is -5.57. The van der Waals surface area contributed by atoms with Gasteiger partial charge >= 0.3 is 11.9 Å². The molecule has 1 aliphatic carbocycles. The van der Waals surface area contributed by atoms with Crippen LogP contribution in [0.15, 0.2) is 0 Å². The fourth-order valence-electron chi connectivity index (χ4n) is 1.34. The Kier molecular flexibility index (Phi) is 3.42. The van der Waals surface area contributed by atoms with Gasteiger partial charge in [-0.1, -0.05) is 6.42 Å². The molecule has 0 bridgehead atoms. The Morgan fingerprint density at radius 2 is 2.21 bits per heavy atom. The number of aliphatic carboxylic acids is 1. The molecule has 0 heterocycles. The fraction of sp³-hybridized carbons (Fsp3) is 0.889. The molecule has 1 N–H and O–H groups in total. The van der Waals surface area contributed by atoms with Crippen LogP contribution in [-0.4, -0.2) is 29.7 Å². The second-order valence-corrected chi connectivity index (χ2v) is 3.72. The Hall–Kier alpha value is -0.710. The standard InChI is InChI=1S/C9H14F2O3/c1-6(7-3-2-4-7)14-5-9(10,11)8(12)13/h6-7H,2-5H2,1H3,(H,12,13). The molecular weight excluding hydrogens is 194 g/mol. The molecule has 1 atom stereocenters. The Balaban J connectivity index is 2.28. The van der Waals surface area contributed by atoms with Crippen molar-refractivity contribution in [1.82, 2.24) is 0 Å². The van der Waals surface area contributed by atoms with Crippen molar-refractivity contribution in [2.75, 3.05) is 6.61 Å². The molecule has 1 unspecified atom stereocenters. The fourth-order valence-corrected chi connectivity index (χ4v) is 1.34. The summed E-state index contributed by atoms with van der Waals surface area (Å²) < 4.78 is 30.0. The lowest BCUT2D eigenvalue weighted by atomic mass is 9.82. The minimum atomic E-state index is -3.77. The maximum absolute atomic E-state index is 12.6. The number of carboxylic acid groups (broad SMARTS) is 1. The Bertz CT molecular complexity index is 214. The first kappa shape index (κ1) is 11.4. The summed E-state index contributed by atoms with van der Waals surface area (Å²) in [7, 11) is 0. The number of hydrogen-bond donors (Lipinski definition) is 1. The van der Waals surface area contributed by atoms with Gasteiger partial charge in [0.15, 0.2) is 0 Å². The zero-order chi connectivity index (χ0) is 10.8. The molecule has 0 amide bonds. The summed E-state index contributed by atoms with van der Waals surface area (Å²) in [4.78, 5) is 10.1. The zero-order valence-electron chi connectivity index (χ0n) is 8.00. The van der Waals surface area contributed by atoms with Crippen LogP contribution >= 0.6 is 0 Å². The van der Waals surface area contributed by atoms with E-state index in [9.17, 15) is 13.6 Å². The number of alkyl halides is 2. The first-order valence-electron chi connectivity index (χ1n) is 4.66. The van der Waals surface area contributed by atoms with Crippen LogP contribution < -0.4 is 0 Å². The van der Waals surface area contributed by atoms with Gasteiger partial charge in [-0.15, -0.1) is 0 Å². The van der Waals surface area contributed by atoms with Gasteiger partial charge in [0.1, 0.15) is 6.61 Å². The molecule has 0 aromatic carbocycles. The summed E-state index contributed by atoms with van der Waals surface area (Å²) in [6, 6.07) is 0. The summed E-state index contributed by atoms with van der Waals surface area (Å²) >= 11 is 0. The van der Waals surface area contributed by atoms with Crippen LogP contribution in [0.2, 0.25) is 0 Å². The number of rotatable bonds is 5. The highest BCUT2D eigenvalue weighted by Crippen LogP contribution is 2.31. The lowest BCUT2D eigenvalue weighted by molar-refractivity contribution is -0.178. The first-order valence-corrected chi connectivity index (χ1v) is 4.66. The van der Waals surface area contributed by atoms with E-state index in [-0.39, 0.29) is 6.10 Å². The smallest absolute Gasteiger partial charge is 0.377 e. The van der Waals surface area contributed by atoms with Gasteiger partial charge in [-0.05, 0) is 25.7 Å². The van der Waals surface area contributed by atoms with E-state index in [1.807, 2.05) is 0 Å². The largest absolute Gasteiger partial charge is 0.477 e. The van der Waals surface area contributed by atoms with E-state index < -0.39 is 18.5 Å². The van der Waals surface area contributed by atoms with Crippen molar-refractivity contribution in [3.8, 4) is 0 Å². The molecule has 0 saturated heterocycles. The van der Waals surface area contributed by atoms with Crippen LogP contribution in [0.3, 0.4) is 0 Å². The van der Waals surface area contributed by atoms with Gasteiger partial charge in [0.2, 0.25) is 0 Å². The van der Waals surface area contributed by atoms with Gasteiger partial charge in [-0.3, -0.25) is 0 Å². The molecule has 1 saturated carbocycles. The van der Waals surface area contributed by atoms with Crippen molar-refractivity contribution in [2.45, 2.75) is 38.2 Å². The predicted molar refractivity (Wildman–Crippen MR) is 45.3 cm³/mol. The summed E-state index contributed by atoms with van der Waals surface area (Å²) in [6.07, 6.45) is 2.81. The van der Waals surface area contributed by atoms with Crippen molar-refractivity contribution in [2.24, 2.45) is 5.92 Å². The maximum atomic E-state index is 12.6. The van der Waals surface area contributed by atoms with Crippen LogP contribution in [0.5, 0.6) is 0 Å². The maximum Gasteiger partial charge on any atom is 0.377 e. The van der Waals surface area contributed by atoms with Crippen molar-refractivity contribution in [1.29, 1.82) is 0 Å². The molecule has 5 heteroatoms. The summed E-state index contributed by atoms with van der Waals surface area (Å²) in [5, 5.41) is 8.13. The lowest BCUT2D eigenvalue weighted by Gasteiger charge is -2.31. The number of carbonyl (C=O) groups is 1. The molecule has 0 radical (unpaired) electrons. The highest BCUT2D eigenvalue weighted by molar-refractivity contribution is 5.75. The van der Waals surface area contributed by atoms with Crippen LogP contribution in [-0.2, 0) is 9.53 Å². The van der Waals surface area contributed by atoms with Gasteiger partial charge in [0, 0.05) is 0 Å². The lowest BCUT2D eigenvalue weighted by Crippen LogP contribution is -2.37. The third kappa shape index (κ3) is 2.64. The third-order valence-corrected chi connectivity index (χ3v) is 2.65. The van der Waals surface area contributed by atoms with E-state index in [0.29, 0.717) is 5.92 Å². The van der Waals surface area contributed by atoms with Gasteiger partial charge in [0.05, 0.1) is 6.10 Å². The van der Waals surface area contributed by atoms with E-state index in [2.05, 4.69) is 0 Å². The first-order chi connectivity index (χ1) is 6.43. The van der Waals surface area contributed by atoms with E-state index >= 15 is 0 Å². The topological polar surface area (TPSA) is 46.5 Å². The molecule has 1 rings (SSSR count). The van der Waals surface area contributed by atoms with Gasteiger partial charge in [-0.25, -0.2) is 4.79 Å². The average molecular weight is 208 g/mol. The molecule has 0 aromatic heterocycles. The highest BCUT2D eigenvalue weighted by Gasteiger charge is 2.40. The zero-order valence-corrected chi connectivity index (χ0v) is 8.00. The average Bonchev–Trinajstić information content (AvgIpc) is 1.97. The molecule has 1 fully saturated rings. The summed E-state index contributed by atoms with van der Waals surface area (Å²) in [5.41, 5.74) is 0. The molecule has 1 aliphatic rings. The third-order valence-electron chi connectivity index (χ3n) is 2.65. The Labute approximate surface area is 81.1 Å². The SMILES string of the molecule is CC(OCC(F)(F)C(=O)O)C1CCC1. The molecule has 0 spiro atoms. The number of hydrogen-bond acceptors (Lipinski definition) is 2. The van der Waals surface area contributed by atoms with Gasteiger partial charge in [0.25, 0.3) is 0 Å². The van der Waals surface area contributed by atoms with E-state index in [0.717, 1.165) is 19.3 Å². The second kappa shape index (κ2) is 4.21. The van der Waals surface area contributed by atoms with Crippen LogP contribution in [0.25, 0.3) is 0 Å². The van der Waals surface area contributed by atoms with E-state index in [1.54, 1.807) is 6.92 Å². The van der Waals surface area contributed by atoms with Crippen molar-refractivity contribution in [3.63, 3.8) is 0 Å². The molecule has 14 heavy (non-hydrogen) atoms. The Morgan fingerprint density at radius 3 is 2.57 bits per heavy atom. The minimum Gasteiger partial charge on any atom is -0.477 e. The summed E-state index contributed by atoms with van der Waals surface area (Å²) in [6.45, 7) is 0.682.